The molecule has 0 aromatic heterocycles. The normalized spacial score (nSPS) is 30.4. The summed E-state index contributed by atoms with van der Waals surface area (Å²) in [4.78, 5) is 0. The maximum Gasteiger partial charge on any atom is 0.392 e. The summed E-state index contributed by atoms with van der Waals surface area (Å²) in [6.07, 6.45) is 2.13. The van der Waals surface area contributed by atoms with Gasteiger partial charge in [0.2, 0.25) is 0 Å². The van der Waals surface area contributed by atoms with Crippen molar-refractivity contribution in [3.63, 3.8) is 0 Å². The van der Waals surface area contributed by atoms with Gasteiger partial charge in [-0.2, -0.15) is 13.2 Å². The van der Waals surface area contributed by atoms with Gasteiger partial charge in [-0.15, -0.1) is 0 Å². The maximum absolute atomic E-state index is 13.2. The third kappa shape index (κ3) is 3.44. The van der Waals surface area contributed by atoms with Crippen LogP contribution in [0.25, 0.3) is 0 Å². The number of alkyl halides is 3. The van der Waals surface area contributed by atoms with Crippen molar-refractivity contribution in [1.82, 2.24) is 5.32 Å². The molecular weight excluding hydrogens is 255 g/mol. The molecule has 0 amide bonds. The lowest BCUT2D eigenvalue weighted by atomic mass is 9.74. The summed E-state index contributed by atoms with van der Waals surface area (Å²) in [6, 6.07) is -0.299. The Kier molecular flexibility index (Phi) is 4.76. The molecule has 1 saturated carbocycles. The Balaban J connectivity index is 2.16. The van der Waals surface area contributed by atoms with Crippen LogP contribution in [0, 0.1) is 11.8 Å². The Bertz CT molecular complexity index is 327. The zero-order valence-corrected chi connectivity index (χ0v) is 11.3. The van der Waals surface area contributed by atoms with Gasteiger partial charge in [-0.25, -0.2) is 0 Å². The molecule has 0 radical (unpaired) electrons. The monoisotopic (exact) mass is 277 g/mol. The van der Waals surface area contributed by atoms with Crippen LogP contribution in [0.2, 0.25) is 0 Å². The van der Waals surface area contributed by atoms with Crippen molar-refractivity contribution in [2.24, 2.45) is 11.8 Å². The fourth-order valence-electron chi connectivity index (χ4n) is 3.33. The van der Waals surface area contributed by atoms with Gasteiger partial charge < -0.3 is 10.1 Å². The first-order valence-electron chi connectivity index (χ1n) is 7.11. The van der Waals surface area contributed by atoms with Crippen LogP contribution in [-0.4, -0.2) is 25.9 Å². The molecule has 19 heavy (non-hydrogen) atoms. The van der Waals surface area contributed by atoms with Crippen LogP contribution < -0.4 is 5.32 Å². The van der Waals surface area contributed by atoms with E-state index >= 15 is 0 Å². The summed E-state index contributed by atoms with van der Waals surface area (Å²) in [6.45, 7) is 0.618. The molecule has 1 aliphatic heterocycles. The first-order chi connectivity index (χ1) is 9.04. The zero-order chi connectivity index (χ0) is 13.9. The molecule has 2 rings (SSSR count). The van der Waals surface area contributed by atoms with Gasteiger partial charge in [0.25, 0.3) is 0 Å². The van der Waals surface area contributed by atoms with Gasteiger partial charge in [-0.1, -0.05) is 12.8 Å². The minimum atomic E-state index is -4.10. The standard InChI is InChI=1S/C14H22F3NO/c1-18-13(12-8-4-5-9-19-12)10-6-2-3-7-11(10)14(15,16)17/h8,10-11,13,18H,2-7,9H2,1H3. The molecular formula is C14H22F3NO. The van der Waals surface area contributed by atoms with Gasteiger partial charge in [0, 0.05) is 0 Å². The lowest BCUT2D eigenvalue weighted by Gasteiger charge is -2.39. The van der Waals surface area contributed by atoms with Crippen molar-refractivity contribution < 1.29 is 17.9 Å². The summed E-state index contributed by atoms with van der Waals surface area (Å²) in [5, 5.41) is 3.05. The van der Waals surface area contributed by atoms with E-state index in [9.17, 15) is 13.2 Å². The largest absolute Gasteiger partial charge is 0.497 e. The molecule has 0 aromatic carbocycles. The average Bonchev–Trinajstić information content (AvgIpc) is 2.40. The highest BCUT2D eigenvalue weighted by atomic mass is 19.4. The van der Waals surface area contributed by atoms with Crippen LogP contribution in [0.3, 0.4) is 0 Å². The number of hydrogen-bond donors (Lipinski definition) is 1. The first kappa shape index (κ1) is 14.7. The van der Waals surface area contributed by atoms with E-state index in [-0.39, 0.29) is 12.5 Å². The summed E-state index contributed by atoms with van der Waals surface area (Å²) >= 11 is 0. The number of allylic oxidation sites excluding steroid dienone is 1. The lowest BCUT2D eigenvalue weighted by Crippen LogP contribution is -2.46. The minimum Gasteiger partial charge on any atom is -0.497 e. The van der Waals surface area contributed by atoms with Crippen LogP contribution in [0.15, 0.2) is 11.8 Å². The summed E-state index contributed by atoms with van der Waals surface area (Å²) in [5.41, 5.74) is 0. The van der Waals surface area contributed by atoms with E-state index in [2.05, 4.69) is 5.32 Å². The number of ether oxygens (including phenoxy) is 1. The van der Waals surface area contributed by atoms with Crippen molar-refractivity contribution in [3.05, 3.63) is 11.8 Å². The van der Waals surface area contributed by atoms with E-state index < -0.39 is 18.0 Å². The van der Waals surface area contributed by atoms with E-state index in [4.69, 9.17) is 4.74 Å². The second-order valence-electron chi connectivity index (χ2n) is 5.46. The fourth-order valence-corrected chi connectivity index (χ4v) is 3.33. The predicted molar refractivity (Wildman–Crippen MR) is 67.6 cm³/mol. The van der Waals surface area contributed by atoms with Gasteiger partial charge in [0.1, 0.15) is 5.76 Å². The van der Waals surface area contributed by atoms with Crippen LogP contribution in [0.1, 0.15) is 38.5 Å². The topological polar surface area (TPSA) is 21.3 Å². The maximum atomic E-state index is 13.2. The molecule has 1 aliphatic carbocycles. The fraction of sp³-hybridized carbons (Fsp3) is 0.857. The summed E-state index contributed by atoms with van der Waals surface area (Å²) in [5.74, 6) is -0.886. The molecule has 0 bridgehead atoms. The Morgan fingerprint density at radius 3 is 2.58 bits per heavy atom. The SMILES string of the molecule is CNC(C1=CCCCO1)C1CCCCC1C(F)(F)F. The van der Waals surface area contributed by atoms with Gasteiger partial charge in [0.05, 0.1) is 18.6 Å². The zero-order valence-electron chi connectivity index (χ0n) is 11.3. The smallest absolute Gasteiger partial charge is 0.392 e. The molecule has 1 heterocycles. The van der Waals surface area contributed by atoms with Crippen LogP contribution in [0.4, 0.5) is 13.2 Å². The highest BCUT2D eigenvalue weighted by Crippen LogP contribution is 2.44. The molecule has 5 heteroatoms. The van der Waals surface area contributed by atoms with E-state index in [0.717, 1.165) is 25.0 Å². The van der Waals surface area contributed by atoms with Gasteiger partial charge >= 0.3 is 6.18 Å². The second-order valence-corrected chi connectivity index (χ2v) is 5.46. The Hall–Kier alpha value is -0.710. The molecule has 0 aromatic rings. The lowest BCUT2D eigenvalue weighted by molar-refractivity contribution is -0.199. The van der Waals surface area contributed by atoms with E-state index in [1.165, 1.54) is 0 Å². The molecule has 2 nitrogen and oxygen atoms in total. The summed E-state index contributed by atoms with van der Waals surface area (Å²) in [7, 11) is 1.73. The van der Waals surface area contributed by atoms with E-state index in [1.54, 1.807) is 7.05 Å². The van der Waals surface area contributed by atoms with Crippen molar-refractivity contribution in [3.8, 4) is 0 Å². The van der Waals surface area contributed by atoms with Crippen LogP contribution in [0.5, 0.6) is 0 Å². The molecule has 1 N–H and O–H groups in total. The van der Waals surface area contributed by atoms with Crippen molar-refractivity contribution >= 4 is 0 Å². The quantitative estimate of drug-likeness (QED) is 0.850. The summed E-state index contributed by atoms with van der Waals surface area (Å²) < 4.78 is 45.1. The minimum absolute atomic E-state index is 0.250. The van der Waals surface area contributed by atoms with E-state index in [1.807, 2.05) is 6.08 Å². The molecule has 2 aliphatic rings. The van der Waals surface area contributed by atoms with Crippen molar-refractivity contribution in [1.29, 1.82) is 0 Å². The predicted octanol–water partition coefficient (Wildman–Crippen LogP) is 3.64. The molecule has 1 fully saturated rings. The van der Waals surface area contributed by atoms with Crippen LogP contribution >= 0.6 is 0 Å². The van der Waals surface area contributed by atoms with Gasteiger partial charge in [0.15, 0.2) is 0 Å². The highest BCUT2D eigenvalue weighted by Gasteiger charge is 2.48. The molecule has 3 unspecified atom stereocenters. The number of halogens is 3. The number of rotatable bonds is 3. The van der Waals surface area contributed by atoms with Gasteiger partial charge in [-0.05, 0) is 44.7 Å². The Morgan fingerprint density at radius 1 is 1.26 bits per heavy atom. The Morgan fingerprint density at radius 2 is 2.00 bits per heavy atom. The van der Waals surface area contributed by atoms with Crippen LogP contribution in [-0.2, 0) is 4.74 Å². The highest BCUT2D eigenvalue weighted by molar-refractivity contribution is 5.09. The van der Waals surface area contributed by atoms with E-state index in [0.29, 0.717) is 19.4 Å². The Labute approximate surface area is 112 Å². The van der Waals surface area contributed by atoms with Crippen molar-refractivity contribution in [2.45, 2.75) is 50.7 Å². The van der Waals surface area contributed by atoms with Gasteiger partial charge in [-0.3, -0.25) is 0 Å². The van der Waals surface area contributed by atoms with Crippen molar-refractivity contribution in [2.75, 3.05) is 13.7 Å². The molecule has 110 valence electrons. The number of hydrogen-bond acceptors (Lipinski definition) is 2. The number of nitrogens with one attached hydrogen (secondary N) is 1. The molecule has 3 atom stereocenters. The molecule has 0 saturated heterocycles. The first-order valence-corrected chi connectivity index (χ1v) is 7.11. The average molecular weight is 277 g/mol. The third-order valence-electron chi connectivity index (χ3n) is 4.25. The second kappa shape index (κ2) is 6.16. The molecule has 0 spiro atoms. The number of likely N-dealkylation sites (N-methyl/N-ethyl adjacent to an activating group) is 1. The third-order valence-corrected chi connectivity index (χ3v) is 4.25.